The summed E-state index contributed by atoms with van der Waals surface area (Å²) in [5, 5.41) is 2.72. The molecule has 98 valence electrons. The zero-order valence-electron chi connectivity index (χ0n) is 9.45. The maximum atomic E-state index is 13.1. The number of benzene rings is 1. The molecule has 0 aliphatic rings. The Bertz CT molecular complexity index is 651. The van der Waals surface area contributed by atoms with E-state index in [-0.39, 0.29) is 22.1 Å². The minimum atomic E-state index is -0.515. The third-order valence-corrected chi connectivity index (χ3v) is 3.07. The van der Waals surface area contributed by atoms with Gasteiger partial charge in [-0.05, 0) is 40.2 Å². The summed E-state index contributed by atoms with van der Waals surface area (Å²) in [7, 11) is 0. The average molecular weight is 345 g/mol. The summed E-state index contributed by atoms with van der Waals surface area (Å²) in [6.07, 6.45) is 1.47. The molecule has 0 radical (unpaired) electrons. The molecule has 0 fully saturated rings. The molecule has 2 aromatic rings. The second-order valence-corrected chi connectivity index (χ2v) is 4.99. The molecule has 4 nitrogen and oxygen atoms in total. The van der Waals surface area contributed by atoms with Gasteiger partial charge in [0.1, 0.15) is 11.6 Å². The van der Waals surface area contributed by atoms with Gasteiger partial charge in [-0.1, -0.05) is 11.6 Å². The van der Waals surface area contributed by atoms with Crippen LogP contribution in [0, 0.1) is 5.82 Å². The van der Waals surface area contributed by atoms with Gasteiger partial charge in [0.15, 0.2) is 0 Å². The number of pyridine rings is 1. The van der Waals surface area contributed by atoms with Crippen molar-refractivity contribution < 1.29 is 9.18 Å². The van der Waals surface area contributed by atoms with Crippen LogP contribution in [-0.4, -0.2) is 10.9 Å². The fourth-order valence-corrected chi connectivity index (χ4v) is 1.91. The highest BCUT2D eigenvalue weighted by Crippen LogP contribution is 2.24. The van der Waals surface area contributed by atoms with E-state index in [9.17, 15) is 9.18 Å². The Labute approximate surface area is 121 Å². The van der Waals surface area contributed by atoms with Crippen LogP contribution in [0.4, 0.5) is 15.9 Å². The molecule has 0 spiro atoms. The van der Waals surface area contributed by atoms with Crippen molar-refractivity contribution in [1.82, 2.24) is 4.98 Å². The van der Waals surface area contributed by atoms with E-state index in [0.29, 0.717) is 4.47 Å². The normalized spacial score (nSPS) is 10.3. The quantitative estimate of drug-likeness (QED) is 0.876. The van der Waals surface area contributed by atoms with Crippen LogP contribution in [0.2, 0.25) is 5.02 Å². The van der Waals surface area contributed by atoms with E-state index in [2.05, 4.69) is 26.2 Å². The first-order valence-corrected chi connectivity index (χ1v) is 6.32. The molecule has 0 bridgehead atoms. The summed E-state index contributed by atoms with van der Waals surface area (Å²) in [5.74, 6) is -0.938. The zero-order chi connectivity index (χ0) is 14.0. The number of hydrogen-bond donors (Lipinski definition) is 2. The second-order valence-electron chi connectivity index (χ2n) is 3.66. The maximum Gasteiger partial charge on any atom is 0.259 e. The van der Waals surface area contributed by atoms with Crippen LogP contribution in [0.1, 0.15) is 10.4 Å². The van der Waals surface area contributed by atoms with E-state index in [0.717, 1.165) is 6.07 Å². The molecule has 1 amide bonds. The molecule has 7 heteroatoms. The Morgan fingerprint density at radius 2 is 2.16 bits per heavy atom. The van der Waals surface area contributed by atoms with Crippen molar-refractivity contribution in [1.29, 1.82) is 0 Å². The van der Waals surface area contributed by atoms with Crippen LogP contribution in [0.15, 0.2) is 34.9 Å². The molecule has 3 N–H and O–H groups in total. The van der Waals surface area contributed by atoms with E-state index in [1.165, 1.54) is 24.4 Å². The summed E-state index contributed by atoms with van der Waals surface area (Å²) >= 11 is 9.05. The number of amides is 1. The minimum Gasteiger partial charge on any atom is -0.383 e. The van der Waals surface area contributed by atoms with Crippen molar-refractivity contribution in [2.75, 3.05) is 11.1 Å². The summed E-state index contributed by atoms with van der Waals surface area (Å²) in [6.45, 7) is 0. The SMILES string of the molecule is Nc1ncc(Br)cc1C(=O)Nc1cc(F)ccc1Cl. The van der Waals surface area contributed by atoms with Crippen molar-refractivity contribution in [2.24, 2.45) is 0 Å². The highest BCUT2D eigenvalue weighted by Gasteiger charge is 2.13. The Balaban J connectivity index is 2.30. The van der Waals surface area contributed by atoms with E-state index >= 15 is 0 Å². The fraction of sp³-hybridized carbons (Fsp3) is 0. The third kappa shape index (κ3) is 3.21. The van der Waals surface area contributed by atoms with Crippen LogP contribution in [0.3, 0.4) is 0 Å². The molecular weight excluding hydrogens is 337 g/mol. The molecule has 0 saturated carbocycles. The van der Waals surface area contributed by atoms with E-state index in [4.69, 9.17) is 17.3 Å². The number of nitrogen functional groups attached to an aromatic ring is 1. The molecule has 0 aliphatic heterocycles. The standard InChI is InChI=1S/C12H8BrClFN3O/c13-6-3-8(11(16)17-5-6)12(19)18-10-4-7(15)1-2-9(10)14/h1-5H,(H2,16,17)(H,18,19). The Morgan fingerprint density at radius 3 is 2.89 bits per heavy atom. The lowest BCUT2D eigenvalue weighted by atomic mass is 10.2. The van der Waals surface area contributed by atoms with Crippen molar-refractivity contribution in [3.05, 3.63) is 51.3 Å². The van der Waals surface area contributed by atoms with Crippen LogP contribution >= 0.6 is 27.5 Å². The lowest BCUT2D eigenvalue weighted by Gasteiger charge is -2.09. The number of halogens is 3. The van der Waals surface area contributed by atoms with Gasteiger partial charge in [0.25, 0.3) is 5.91 Å². The second kappa shape index (κ2) is 5.54. The number of nitrogens with one attached hydrogen (secondary N) is 1. The largest absolute Gasteiger partial charge is 0.383 e. The zero-order valence-corrected chi connectivity index (χ0v) is 11.8. The average Bonchev–Trinajstić information content (AvgIpc) is 2.36. The van der Waals surface area contributed by atoms with Gasteiger partial charge in [0.2, 0.25) is 0 Å². The number of hydrogen-bond acceptors (Lipinski definition) is 3. The summed E-state index contributed by atoms with van der Waals surface area (Å²) in [6, 6.07) is 5.20. The molecule has 19 heavy (non-hydrogen) atoms. The van der Waals surface area contributed by atoms with Gasteiger partial charge < -0.3 is 11.1 Å². The molecule has 1 aromatic carbocycles. The first-order valence-electron chi connectivity index (χ1n) is 5.15. The predicted octanol–water partition coefficient (Wildman–Crippen LogP) is 3.47. The Hall–Kier alpha value is -1.66. The maximum absolute atomic E-state index is 13.1. The molecule has 1 heterocycles. The number of nitrogens with zero attached hydrogens (tertiary/aromatic N) is 1. The molecule has 0 unspecified atom stereocenters. The van der Waals surface area contributed by atoms with Gasteiger partial charge in [-0.3, -0.25) is 4.79 Å². The number of rotatable bonds is 2. The first-order chi connectivity index (χ1) is 8.97. The lowest BCUT2D eigenvalue weighted by molar-refractivity contribution is 0.102. The highest BCUT2D eigenvalue weighted by atomic mass is 79.9. The van der Waals surface area contributed by atoms with Crippen LogP contribution < -0.4 is 11.1 Å². The molecule has 1 aromatic heterocycles. The molecular formula is C12H8BrClFN3O. The number of carbonyl (C=O) groups excluding carboxylic acids is 1. The minimum absolute atomic E-state index is 0.0771. The van der Waals surface area contributed by atoms with Gasteiger partial charge >= 0.3 is 0 Å². The number of carbonyl (C=O) groups is 1. The van der Waals surface area contributed by atoms with Crippen LogP contribution in [-0.2, 0) is 0 Å². The molecule has 0 atom stereocenters. The molecule has 2 rings (SSSR count). The number of nitrogens with two attached hydrogens (primary N) is 1. The predicted molar refractivity (Wildman–Crippen MR) is 75.7 cm³/mol. The van der Waals surface area contributed by atoms with E-state index < -0.39 is 11.7 Å². The first kappa shape index (κ1) is 13.8. The molecule has 0 aliphatic carbocycles. The van der Waals surface area contributed by atoms with E-state index in [1.807, 2.05) is 0 Å². The number of anilines is 2. The van der Waals surface area contributed by atoms with Crippen LogP contribution in [0.25, 0.3) is 0 Å². The lowest BCUT2D eigenvalue weighted by Crippen LogP contribution is -2.15. The highest BCUT2D eigenvalue weighted by molar-refractivity contribution is 9.10. The van der Waals surface area contributed by atoms with Gasteiger partial charge in [0, 0.05) is 10.7 Å². The molecule has 0 saturated heterocycles. The van der Waals surface area contributed by atoms with Crippen LogP contribution in [0.5, 0.6) is 0 Å². The summed E-state index contributed by atoms with van der Waals surface area (Å²) in [5.41, 5.74) is 5.96. The van der Waals surface area contributed by atoms with Gasteiger partial charge in [0.05, 0.1) is 16.3 Å². The van der Waals surface area contributed by atoms with Crippen molar-refractivity contribution in [3.8, 4) is 0 Å². The number of aromatic nitrogens is 1. The van der Waals surface area contributed by atoms with Gasteiger partial charge in [-0.2, -0.15) is 0 Å². The van der Waals surface area contributed by atoms with Gasteiger partial charge in [-0.25, -0.2) is 9.37 Å². The Kier molecular flexibility index (Phi) is 4.01. The van der Waals surface area contributed by atoms with Crippen molar-refractivity contribution in [2.45, 2.75) is 0 Å². The van der Waals surface area contributed by atoms with E-state index in [1.54, 1.807) is 0 Å². The third-order valence-electron chi connectivity index (χ3n) is 2.31. The smallest absolute Gasteiger partial charge is 0.259 e. The summed E-state index contributed by atoms with van der Waals surface area (Å²) in [4.78, 5) is 15.9. The Morgan fingerprint density at radius 1 is 1.42 bits per heavy atom. The topological polar surface area (TPSA) is 68.0 Å². The van der Waals surface area contributed by atoms with Crippen molar-refractivity contribution >= 4 is 44.9 Å². The monoisotopic (exact) mass is 343 g/mol. The van der Waals surface area contributed by atoms with Gasteiger partial charge in [-0.15, -0.1) is 0 Å². The summed E-state index contributed by atoms with van der Waals surface area (Å²) < 4.78 is 13.7. The fourth-order valence-electron chi connectivity index (χ4n) is 1.41. The van der Waals surface area contributed by atoms with Crippen molar-refractivity contribution in [3.63, 3.8) is 0 Å².